The van der Waals surface area contributed by atoms with Gasteiger partial charge in [-0.3, -0.25) is 0 Å². The summed E-state index contributed by atoms with van der Waals surface area (Å²) in [5.74, 6) is 0.891. The number of rotatable bonds is 5. The highest BCUT2D eigenvalue weighted by molar-refractivity contribution is 5.96. The highest BCUT2D eigenvalue weighted by Crippen LogP contribution is 2.29. The number of ether oxygens (including phenoxy) is 1. The van der Waals surface area contributed by atoms with Gasteiger partial charge in [0.05, 0.1) is 7.11 Å². The maximum atomic E-state index is 8.94. The van der Waals surface area contributed by atoms with Crippen LogP contribution in [0.2, 0.25) is 0 Å². The van der Waals surface area contributed by atoms with Crippen molar-refractivity contribution in [2.75, 3.05) is 13.7 Å². The molecule has 1 N–H and O–H groups in total. The van der Waals surface area contributed by atoms with Gasteiger partial charge in [0.1, 0.15) is 12.4 Å². The largest absolute Gasteiger partial charge is 1.00 e. The topological polar surface area (TPSA) is 33.3 Å². The molecular formula is C20H20BrNO2. The number of hydrogen-bond donors (Lipinski definition) is 1. The summed E-state index contributed by atoms with van der Waals surface area (Å²) in [7, 11) is 1.70. The number of benzene rings is 2. The molecule has 3 rings (SSSR count). The summed E-state index contributed by atoms with van der Waals surface area (Å²) in [4.78, 5) is 0. The number of pyridine rings is 1. The monoisotopic (exact) mass is 385 g/mol. The Morgan fingerprint density at radius 2 is 1.67 bits per heavy atom. The number of aliphatic hydroxyl groups excluding tert-OH is 1. The van der Waals surface area contributed by atoms with Crippen LogP contribution in [0.25, 0.3) is 22.9 Å². The van der Waals surface area contributed by atoms with Crippen LogP contribution in [0.3, 0.4) is 0 Å². The van der Waals surface area contributed by atoms with Gasteiger partial charge in [0, 0.05) is 17.5 Å². The predicted octanol–water partition coefficient (Wildman–Crippen LogP) is 0.303. The van der Waals surface area contributed by atoms with E-state index in [4.69, 9.17) is 9.84 Å². The van der Waals surface area contributed by atoms with Crippen molar-refractivity contribution in [1.82, 2.24) is 0 Å². The molecule has 1 heterocycles. The Labute approximate surface area is 152 Å². The van der Waals surface area contributed by atoms with E-state index in [-0.39, 0.29) is 23.6 Å². The van der Waals surface area contributed by atoms with Crippen LogP contribution in [0.4, 0.5) is 0 Å². The number of halogens is 1. The molecule has 0 aliphatic heterocycles. The van der Waals surface area contributed by atoms with Gasteiger partial charge in [-0.1, -0.05) is 42.5 Å². The summed E-state index contributed by atoms with van der Waals surface area (Å²) in [6, 6.07) is 16.4. The van der Waals surface area contributed by atoms with Crippen LogP contribution >= 0.6 is 0 Å². The molecular weight excluding hydrogens is 366 g/mol. The van der Waals surface area contributed by atoms with Crippen molar-refractivity contribution in [3.05, 3.63) is 72.1 Å². The molecule has 0 unspecified atom stereocenters. The molecule has 3 nitrogen and oxygen atoms in total. The third-order valence-electron chi connectivity index (χ3n) is 3.87. The lowest BCUT2D eigenvalue weighted by atomic mass is 10.0. The van der Waals surface area contributed by atoms with Crippen molar-refractivity contribution in [2.24, 2.45) is 0 Å². The van der Waals surface area contributed by atoms with E-state index in [1.54, 1.807) is 7.11 Å². The van der Waals surface area contributed by atoms with Crippen molar-refractivity contribution in [3.8, 4) is 5.75 Å². The zero-order valence-electron chi connectivity index (χ0n) is 13.5. The maximum absolute atomic E-state index is 8.94. The second-order valence-electron chi connectivity index (χ2n) is 5.33. The quantitative estimate of drug-likeness (QED) is 0.641. The zero-order valence-corrected chi connectivity index (χ0v) is 15.1. The Morgan fingerprint density at radius 1 is 0.958 bits per heavy atom. The van der Waals surface area contributed by atoms with Crippen LogP contribution in [0.15, 0.2) is 60.9 Å². The summed E-state index contributed by atoms with van der Waals surface area (Å²) in [5, 5.41) is 11.2. The summed E-state index contributed by atoms with van der Waals surface area (Å²) in [5.41, 5.74) is 2.28. The van der Waals surface area contributed by atoms with Crippen LogP contribution in [0.5, 0.6) is 5.75 Å². The first kappa shape index (κ1) is 18.2. The highest BCUT2D eigenvalue weighted by atomic mass is 79.9. The third-order valence-corrected chi connectivity index (χ3v) is 3.87. The summed E-state index contributed by atoms with van der Waals surface area (Å²) in [6.45, 7) is 0.769. The van der Waals surface area contributed by atoms with E-state index in [1.807, 2.05) is 47.3 Å². The molecule has 0 aliphatic rings. The van der Waals surface area contributed by atoms with E-state index in [1.165, 1.54) is 5.39 Å². The van der Waals surface area contributed by atoms with Crippen LogP contribution in [0, 0.1) is 0 Å². The molecule has 0 saturated carbocycles. The SMILES string of the molecule is COc1ccc(/C=C/c2cc[n+](CCO)cc2)c2ccccc12.[Br-]. The van der Waals surface area contributed by atoms with E-state index in [0.717, 1.165) is 22.3 Å². The van der Waals surface area contributed by atoms with E-state index < -0.39 is 0 Å². The smallest absolute Gasteiger partial charge is 0.171 e. The first-order chi connectivity index (χ1) is 11.3. The Bertz CT molecular complexity index is 829. The summed E-state index contributed by atoms with van der Waals surface area (Å²) >= 11 is 0. The zero-order chi connectivity index (χ0) is 16.1. The van der Waals surface area contributed by atoms with Crippen molar-refractivity contribution in [1.29, 1.82) is 0 Å². The Balaban J connectivity index is 0.00000208. The van der Waals surface area contributed by atoms with Gasteiger partial charge in [0.15, 0.2) is 18.9 Å². The van der Waals surface area contributed by atoms with E-state index in [9.17, 15) is 0 Å². The Morgan fingerprint density at radius 3 is 2.33 bits per heavy atom. The normalized spacial score (nSPS) is 10.8. The maximum Gasteiger partial charge on any atom is 0.171 e. The van der Waals surface area contributed by atoms with Crippen molar-refractivity contribution in [2.45, 2.75) is 6.54 Å². The second-order valence-corrected chi connectivity index (χ2v) is 5.33. The van der Waals surface area contributed by atoms with Gasteiger partial charge in [0.2, 0.25) is 0 Å². The number of aromatic nitrogens is 1. The summed E-state index contributed by atoms with van der Waals surface area (Å²) in [6.07, 6.45) is 8.16. The Hall–Kier alpha value is -2.17. The van der Waals surface area contributed by atoms with Gasteiger partial charge >= 0.3 is 0 Å². The average Bonchev–Trinajstić information content (AvgIpc) is 2.61. The number of fused-ring (bicyclic) bond motifs is 1. The van der Waals surface area contributed by atoms with E-state index in [2.05, 4.69) is 30.4 Å². The van der Waals surface area contributed by atoms with Gasteiger partial charge < -0.3 is 26.8 Å². The lowest BCUT2D eigenvalue weighted by Gasteiger charge is -2.07. The molecule has 0 fully saturated rings. The van der Waals surface area contributed by atoms with Gasteiger partial charge in [-0.2, -0.15) is 0 Å². The average molecular weight is 386 g/mol. The summed E-state index contributed by atoms with van der Waals surface area (Å²) < 4.78 is 7.39. The molecule has 0 aliphatic carbocycles. The number of hydrogen-bond acceptors (Lipinski definition) is 2. The van der Waals surface area contributed by atoms with Gasteiger partial charge in [-0.15, -0.1) is 0 Å². The van der Waals surface area contributed by atoms with Crippen LogP contribution in [0.1, 0.15) is 11.1 Å². The molecule has 0 spiro atoms. The van der Waals surface area contributed by atoms with E-state index >= 15 is 0 Å². The standard InChI is InChI=1S/C20H20NO2.BrH/c1-23-20-9-8-17(18-4-2-3-5-19(18)20)7-6-16-10-12-21(13-11-16)14-15-22;/h2-13,22H,14-15H2,1H3;1H/q+1;/p-1/b7-6+;. The van der Waals surface area contributed by atoms with Gasteiger partial charge in [-0.05, 0) is 22.6 Å². The third kappa shape index (κ3) is 4.02. The number of nitrogens with zero attached hydrogens (tertiary/aromatic N) is 1. The number of aliphatic hydroxyl groups is 1. The second kappa shape index (κ2) is 8.62. The molecule has 2 aromatic carbocycles. The minimum absolute atomic E-state index is 0. The van der Waals surface area contributed by atoms with Crippen molar-refractivity contribution < 1.29 is 31.4 Å². The molecule has 1 aromatic heterocycles. The minimum atomic E-state index is 0. The predicted molar refractivity (Wildman–Crippen MR) is 93.2 cm³/mol. The Kier molecular flexibility index (Phi) is 6.53. The molecule has 0 radical (unpaired) electrons. The molecule has 124 valence electrons. The van der Waals surface area contributed by atoms with Crippen molar-refractivity contribution in [3.63, 3.8) is 0 Å². The molecule has 3 aromatic rings. The lowest BCUT2D eigenvalue weighted by molar-refractivity contribution is -0.698. The van der Waals surface area contributed by atoms with Crippen molar-refractivity contribution >= 4 is 22.9 Å². The fraction of sp³-hybridized carbons (Fsp3) is 0.150. The lowest BCUT2D eigenvalue weighted by Crippen LogP contribution is -3.00. The fourth-order valence-electron chi connectivity index (χ4n) is 2.65. The van der Waals surface area contributed by atoms with Crippen LogP contribution < -0.4 is 26.3 Å². The van der Waals surface area contributed by atoms with Gasteiger partial charge in [-0.25, -0.2) is 4.57 Å². The van der Waals surface area contributed by atoms with Crippen LogP contribution in [-0.4, -0.2) is 18.8 Å². The fourth-order valence-corrected chi connectivity index (χ4v) is 2.65. The first-order valence-electron chi connectivity index (χ1n) is 7.65. The van der Waals surface area contributed by atoms with Gasteiger partial charge in [0.25, 0.3) is 0 Å². The molecule has 4 heteroatoms. The molecule has 24 heavy (non-hydrogen) atoms. The first-order valence-corrected chi connectivity index (χ1v) is 7.65. The minimum Gasteiger partial charge on any atom is -1.00 e. The molecule has 0 amide bonds. The number of methoxy groups -OCH3 is 1. The molecule has 0 bridgehead atoms. The molecule has 0 saturated heterocycles. The van der Waals surface area contributed by atoms with E-state index in [0.29, 0.717) is 6.54 Å². The van der Waals surface area contributed by atoms with Crippen LogP contribution in [-0.2, 0) is 6.54 Å². The highest BCUT2D eigenvalue weighted by Gasteiger charge is 2.04. The molecule has 0 atom stereocenters.